The SMILES string of the molecule is COCCNC(=S)c1ccc(OCc2ccc(Cl)c(Cl)c2)cc1. The van der Waals surface area contributed by atoms with Gasteiger partial charge in [-0.25, -0.2) is 0 Å². The smallest absolute Gasteiger partial charge is 0.119 e. The number of hydrogen-bond acceptors (Lipinski definition) is 3. The van der Waals surface area contributed by atoms with Crippen LogP contribution in [0.5, 0.6) is 5.75 Å². The molecule has 0 aromatic heterocycles. The molecule has 3 nitrogen and oxygen atoms in total. The molecular weight excluding hydrogens is 353 g/mol. The van der Waals surface area contributed by atoms with Crippen LogP contribution in [0.25, 0.3) is 0 Å². The van der Waals surface area contributed by atoms with Crippen molar-refractivity contribution in [2.24, 2.45) is 0 Å². The molecule has 0 atom stereocenters. The Balaban J connectivity index is 1.89. The lowest BCUT2D eigenvalue weighted by molar-refractivity contribution is 0.204. The minimum atomic E-state index is 0.423. The van der Waals surface area contributed by atoms with E-state index in [0.717, 1.165) is 16.9 Å². The van der Waals surface area contributed by atoms with Crippen LogP contribution in [-0.4, -0.2) is 25.2 Å². The number of halogens is 2. The molecule has 2 rings (SSSR count). The van der Waals surface area contributed by atoms with Crippen molar-refractivity contribution < 1.29 is 9.47 Å². The predicted octanol–water partition coefficient (Wildman–Crippen LogP) is 4.48. The van der Waals surface area contributed by atoms with Crippen LogP contribution >= 0.6 is 35.4 Å². The molecule has 0 unspecified atom stereocenters. The van der Waals surface area contributed by atoms with E-state index in [0.29, 0.717) is 34.8 Å². The van der Waals surface area contributed by atoms with E-state index in [1.807, 2.05) is 30.3 Å². The lowest BCUT2D eigenvalue weighted by atomic mass is 10.2. The number of rotatable bonds is 7. The summed E-state index contributed by atoms with van der Waals surface area (Å²) in [5.74, 6) is 0.763. The molecule has 0 saturated carbocycles. The van der Waals surface area contributed by atoms with E-state index in [-0.39, 0.29) is 0 Å². The maximum Gasteiger partial charge on any atom is 0.119 e. The number of ether oxygens (including phenoxy) is 2. The van der Waals surface area contributed by atoms with Crippen molar-refractivity contribution >= 4 is 40.4 Å². The van der Waals surface area contributed by atoms with Gasteiger partial charge in [0.25, 0.3) is 0 Å². The van der Waals surface area contributed by atoms with Crippen molar-refractivity contribution in [3.8, 4) is 5.75 Å². The van der Waals surface area contributed by atoms with Gasteiger partial charge < -0.3 is 14.8 Å². The van der Waals surface area contributed by atoms with Gasteiger partial charge in [-0.15, -0.1) is 0 Å². The second-order valence-electron chi connectivity index (χ2n) is 4.81. The zero-order chi connectivity index (χ0) is 16.7. The lowest BCUT2D eigenvalue weighted by Gasteiger charge is -2.10. The fourth-order valence-electron chi connectivity index (χ4n) is 1.87. The molecule has 0 spiro atoms. The number of hydrogen-bond donors (Lipinski definition) is 1. The Morgan fingerprint density at radius 1 is 1.09 bits per heavy atom. The van der Waals surface area contributed by atoms with Crippen molar-refractivity contribution in [2.45, 2.75) is 6.61 Å². The van der Waals surface area contributed by atoms with Gasteiger partial charge in [0, 0.05) is 19.2 Å². The Morgan fingerprint density at radius 3 is 2.48 bits per heavy atom. The molecule has 0 heterocycles. The maximum atomic E-state index is 5.99. The molecule has 6 heteroatoms. The average Bonchev–Trinajstić information content (AvgIpc) is 2.56. The summed E-state index contributed by atoms with van der Waals surface area (Å²) in [4.78, 5) is 0.693. The van der Waals surface area contributed by atoms with Crippen LogP contribution < -0.4 is 10.1 Å². The van der Waals surface area contributed by atoms with Crippen molar-refractivity contribution in [1.29, 1.82) is 0 Å². The number of nitrogens with one attached hydrogen (secondary N) is 1. The molecule has 1 N–H and O–H groups in total. The minimum Gasteiger partial charge on any atom is -0.489 e. The summed E-state index contributed by atoms with van der Waals surface area (Å²) in [6, 6.07) is 13.1. The van der Waals surface area contributed by atoms with Crippen LogP contribution in [0.2, 0.25) is 10.0 Å². The number of thiocarbonyl (C=S) groups is 1. The Labute approximate surface area is 151 Å². The lowest BCUT2D eigenvalue weighted by Crippen LogP contribution is -2.25. The van der Waals surface area contributed by atoms with Crippen LogP contribution in [0, 0.1) is 0 Å². The normalized spacial score (nSPS) is 10.4. The van der Waals surface area contributed by atoms with Gasteiger partial charge in [-0.3, -0.25) is 0 Å². The van der Waals surface area contributed by atoms with Crippen molar-refractivity contribution in [2.75, 3.05) is 20.3 Å². The van der Waals surface area contributed by atoms with Gasteiger partial charge in [-0.1, -0.05) is 41.5 Å². The Bertz CT molecular complexity index is 662. The Kier molecular flexibility index (Phi) is 7.12. The van der Waals surface area contributed by atoms with Crippen LogP contribution in [0.15, 0.2) is 42.5 Å². The van der Waals surface area contributed by atoms with E-state index < -0.39 is 0 Å². The minimum absolute atomic E-state index is 0.423. The zero-order valence-corrected chi connectivity index (χ0v) is 15.0. The molecule has 122 valence electrons. The monoisotopic (exact) mass is 369 g/mol. The molecule has 0 aliphatic carbocycles. The highest BCUT2D eigenvalue weighted by molar-refractivity contribution is 7.80. The van der Waals surface area contributed by atoms with Gasteiger partial charge in [0.05, 0.1) is 16.7 Å². The van der Waals surface area contributed by atoms with Gasteiger partial charge in [0.1, 0.15) is 17.3 Å². The molecule has 0 bridgehead atoms. The molecule has 2 aromatic rings. The average molecular weight is 370 g/mol. The Hall–Kier alpha value is -1.33. The first-order valence-corrected chi connectivity index (χ1v) is 8.20. The van der Waals surface area contributed by atoms with E-state index in [4.69, 9.17) is 44.9 Å². The fourth-order valence-corrected chi connectivity index (χ4v) is 2.43. The largest absolute Gasteiger partial charge is 0.489 e. The highest BCUT2D eigenvalue weighted by atomic mass is 35.5. The van der Waals surface area contributed by atoms with Crippen molar-refractivity contribution in [3.63, 3.8) is 0 Å². The molecule has 2 aromatic carbocycles. The molecule has 0 fully saturated rings. The quantitative estimate of drug-likeness (QED) is 0.575. The highest BCUT2D eigenvalue weighted by Gasteiger charge is 2.03. The van der Waals surface area contributed by atoms with Crippen LogP contribution in [0.4, 0.5) is 0 Å². The second-order valence-corrected chi connectivity index (χ2v) is 6.03. The predicted molar refractivity (Wildman–Crippen MR) is 98.8 cm³/mol. The fraction of sp³-hybridized carbons (Fsp3) is 0.235. The van der Waals surface area contributed by atoms with Gasteiger partial charge in [-0.05, 0) is 42.0 Å². The first-order valence-electron chi connectivity index (χ1n) is 7.04. The first kappa shape index (κ1) is 18.0. The van der Waals surface area contributed by atoms with E-state index in [1.54, 1.807) is 19.2 Å². The molecule has 0 saturated heterocycles. The third kappa shape index (κ3) is 5.66. The number of methoxy groups -OCH3 is 1. The molecule has 23 heavy (non-hydrogen) atoms. The summed E-state index contributed by atoms with van der Waals surface area (Å²) in [6.45, 7) is 1.72. The highest BCUT2D eigenvalue weighted by Crippen LogP contribution is 2.23. The van der Waals surface area contributed by atoms with Crippen molar-refractivity contribution in [3.05, 3.63) is 63.6 Å². The third-order valence-corrected chi connectivity index (χ3v) is 4.22. The topological polar surface area (TPSA) is 30.5 Å². The molecule has 0 aliphatic rings. The van der Waals surface area contributed by atoms with Crippen LogP contribution in [-0.2, 0) is 11.3 Å². The van der Waals surface area contributed by atoms with E-state index in [9.17, 15) is 0 Å². The van der Waals surface area contributed by atoms with Gasteiger partial charge in [0.2, 0.25) is 0 Å². The summed E-state index contributed by atoms with van der Waals surface area (Å²) in [7, 11) is 1.66. The van der Waals surface area contributed by atoms with Crippen LogP contribution in [0.3, 0.4) is 0 Å². The second kappa shape index (κ2) is 9.08. The van der Waals surface area contributed by atoms with Crippen LogP contribution in [0.1, 0.15) is 11.1 Å². The number of benzene rings is 2. The maximum absolute atomic E-state index is 5.99. The summed E-state index contributed by atoms with van der Waals surface area (Å²) in [5, 5.41) is 4.19. The molecule has 0 aliphatic heterocycles. The first-order chi connectivity index (χ1) is 11.1. The summed E-state index contributed by atoms with van der Waals surface area (Å²) in [5.41, 5.74) is 1.90. The van der Waals surface area contributed by atoms with E-state index >= 15 is 0 Å². The summed E-state index contributed by atoms with van der Waals surface area (Å²) in [6.07, 6.45) is 0. The summed E-state index contributed by atoms with van der Waals surface area (Å²) < 4.78 is 10.7. The third-order valence-electron chi connectivity index (χ3n) is 3.10. The van der Waals surface area contributed by atoms with Gasteiger partial charge in [-0.2, -0.15) is 0 Å². The zero-order valence-electron chi connectivity index (χ0n) is 12.6. The van der Waals surface area contributed by atoms with E-state index in [1.165, 1.54) is 0 Å². The summed E-state index contributed by atoms with van der Waals surface area (Å²) >= 11 is 17.2. The Morgan fingerprint density at radius 2 is 1.83 bits per heavy atom. The molecular formula is C17H17Cl2NO2S. The van der Waals surface area contributed by atoms with Gasteiger partial charge in [0.15, 0.2) is 0 Å². The molecule has 0 radical (unpaired) electrons. The van der Waals surface area contributed by atoms with Gasteiger partial charge >= 0.3 is 0 Å². The van der Waals surface area contributed by atoms with E-state index in [2.05, 4.69) is 5.32 Å². The van der Waals surface area contributed by atoms with Crippen molar-refractivity contribution in [1.82, 2.24) is 5.32 Å². The molecule has 0 amide bonds. The standard InChI is InChI=1S/C17H17Cl2NO2S/c1-21-9-8-20-17(23)13-3-5-14(6-4-13)22-11-12-2-7-15(18)16(19)10-12/h2-7,10H,8-9,11H2,1H3,(H,20,23).